The Morgan fingerprint density at radius 3 is 2.54 bits per heavy atom. The number of hydrogen-bond acceptors (Lipinski definition) is 4. The van der Waals surface area contributed by atoms with E-state index < -0.39 is 15.9 Å². The molecule has 0 fully saturated rings. The summed E-state index contributed by atoms with van der Waals surface area (Å²) in [6, 6.07) is 12.5. The SMILES string of the molecule is CNS(=O)(=O)c1cc(C(=O)Nc2cnc3ccccc3c2)cc(C)c1C. The Kier molecular flexibility index (Phi) is 4.76. The molecule has 0 aliphatic rings. The Labute approximate surface area is 152 Å². The first-order valence-corrected chi connectivity index (χ1v) is 9.51. The van der Waals surface area contributed by atoms with Gasteiger partial charge in [0.05, 0.1) is 22.3 Å². The number of aryl methyl sites for hydroxylation is 1. The van der Waals surface area contributed by atoms with Crippen molar-refractivity contribution in [1.82, 2.24) is 9.71 Å². The fourth-order valence-corrected chi connectivity index (χ4v) is 3.76. The van der Waals surface area contributed by atoms with Gasteiger partial charge in [-0.05, 0) is 56.3 Å². The number of pyridine rings is 1. The van der Waals surface area contributed by atoms with Gasteiger partial charge in [0.1, 0.15) is 0 Å². The number of benzene rings is 2. The monoisotopic (exact) mass is 369 g/mol. The number of aromatic nitrogens is 1. The summed E-state index contributed by atoms with van der Waals surface area (Å²) >= 11 is 0. The van der Waals surface area contributed by atoms with Gasteiger partial charge in [-0.2, -0.15) is 0 Å². The first kappa shape index (κ1) is 18.0. The fourth-order valence-electron chi connectivity index (χ4n) is 2.69. The maximum atomic E-state index is 12.6. The highest BCUT2D eigenvalue weighted by molar-refractivity contribution is 7.89. The third-order valence-corrected chi connectivity index (χ3v) is 5.83. The summed E-state index contributed by atoms with van der Waals surface area (Å²) in [5, 5.41) is 3.68. The van der Waals surface area contributed by atoms with Crippen LogP contribution in [0.15, 0.2) is 53.6 Å². The number of para-hydroxylation sites is 1. The number of nitrogens with one attached hydrogen (secondary N) is 2. The molecule has 0 saturated heterocycles. The molecule has 0 unspecified atom stereocenters. The number of fused-ring (bicyclic) bond motifs is 1. The van der Waals surface area contributed by atoms with Gasteiger partial charge in [-0.3, -0.25) is 9.78 Å². The molecule has 3 aromatic rings. The summed E-state index contributed by atoms with van der Waals surface area (Å²) in [7, 11) is -2.31. The maximum Gasteiger partial charge on any atom is 0.255 e. The van der Waals surface area contributed by atoms with E-state index >= 15 is 0 Å². The van der Waals surface area contributed by atoms with E-state index in [2.05, 4.69) is 15.0 Å². The first-order valence-electron chi connectivity index (χ1n) is 8.03. The number of amides is 1. The van der Waals surface area contributed by atoms with E-state index in [4.69, 9.17) is 0 Å². The summed E-state index contributed by atoms with van der Waals surface area (Å²) in [6.07, 6.45) is 1.58. The molecule has 1 amide bonds. The summed E-state index contributed by atoms with van der Waals surface area (Å²) in [5.74, 6) is -0.391. The predicted octanol–water partition coefficient (Wildman–Crippen LogP) is 3.01. The van der Waals surface area contributed by atoms with Gasteiger partial charge in [-0.15, -0.1) is 0 Å². The minimum absolute atomic E-state index is 0.0989. The lowest BCUT2D eigenvalue weighted by atomic mass is 10.1. The third-order valence-electron chi connectivity index (χ3n) is 4.29. The van der Waals surface area contributed by atoms with E-state index in [-0.39, 0.29) is 10.5 Å². The Balaban J connectivity index is 1.96. The molecule has 0 radical (unpaired) electrons. The van der Waals surface area contributed by atoms with Crippen LogP contribution in [0.5, 0.6) is 0 Å². The number of rotatable bonds is 4. The Bertz CT molecular complexity index is 1110. The largest absolute Gasteiger partial charge is 0.321 e. The lowest BCUT2D eigenvalue weighted by Crippen LogP contribution is -2.21. The van der Waals surface area contributed by atoms with Crippen molar-refractivity contribution in [2.45, 2.75) is 18.7 Å². The zero-order valence-corrected chi connectivity index (χ0v) is 15.5. The van der Waals surface area contributed by atoms with Crippen LogP contribution < -0.4 is 10.0 Å². The van der Waals surface area contributed by atoms with Gasteiger partial charge in [0, 0.05) is 10.9 Å². The van der Waals surface area contributed by atoms with Crippen molar-refractivity contribution in [3.8, 4) is 0 Å². The molecule has 0 aliphatic heterocycles. The molecule has 26 heavy (non-hydrogen) atoms. The average molecular weight is 369 g/mol. The van der Waals surface area contributed by atoms with Crippen molar-refractivity contribution in [3.05, 3.63) is 65.4 Å². The number of carbonyl (C=O) groups is 1. The van der Waals surface area contributed by atoms with Crippen LogP contribution in [0.4, 0.5) is 5.69 Å². The second-order valence-corrected chi connectivity index (χ2v) is 7.85. The van der Waals surface area contributed by atoms with Crippen LogP contribution in [0, 0.1) is 13.8 Å². The highest BCUT2D eigenvalue weighted by Crippen LogP contribution is 2.22. The molecule has 1 aromatic heterocycles. The molecule has 0 saturated carbocycles. The summed E-state index contributed by atoms with van der Waals surface area (Å²) in [6.45, 7) is 3.49. The van der Waals surface area contributed by atoms with Gasteiger partial charge in [-0.1, -0.05) is 18.2 Å². The summed E-state index contributed by atoms with van der Waals surface area (Å²) in [4.78, 5) is 17.0. The van der Waals surface area contributed by atoms with Crippen molar-refractivity contribution in [2.24, 2.45) is 0 Å². The Hall–Kier alpha value is -2.77. The highest BCUT2D eigenvalue weighted by Gasteiger charge is 2.19. The molecule has 0 spiro atoms. The average Bonchev–Trinajstić information content (AvgIpc) is 2.63. The maximum absolute atomic E-state index is 12.6. The topological polar surface area (TPSA) is 88.2 Å². The zero-order chi connectivity index (χ0) is 18.9. The minimum atomic E-state index is -3.65. The molecule has 2 aromatic carbocycles. The molecule has 2 N–H and O–H groups in total. The molecule has 7 heteroatoms. The summed E-state index contributed by atoms with van der Waals surface area (Å²) in [5.41, 5.74) is 2.99. The van der Waals surface area contributed by atoms with Gasteiger partial charge in [0.2, 0.25) is 10.0 Å². The molecule has 0 atom stereocenters. The normalized spacial score (nSPS) is 11.5. The van der Waals surface area contributed by atoms with Crippen molar-refractivity contribution < 1.29 is 13.2 Å². The Morgan fingerprint density at radius 2 is 1.81 bits per heavy atom. The lowest BCUT2D eigenvalue weighted by molar-refractivity contribution is 0.102. The van der Waals surface area contributed by atoms with Crippen molar-refractivity contribution in [1.29, 1.82) is 0 Å². The van der Waals surface area contributed by atoms with Crippen LogP contribution in [0.2, 0.25) is 0 Å². The van der Waals surface area contributed by atoms with Crippen molar-refractivity contribution in [2.75, 3.05) is 12.4 Å². The number of carbonyl (C=O) groups excluding carboxylic acids is 1. The smallest absolute Gasteiger partial charge is 0.255 e. The molecule has 3 rings (SSSR count). The third kappa shape index (κ3) is 3.44. The van der Waals surface area contributed by atoms with Gasteiger partial charge >= 0.3 is 0 Å². The van der Waals surface area contributed by atoms with E-state index in [1.807, 2.05) is 30.3 Å². The predicted molar refractivity (Wildman–Crippen MR) is 102 cm³/mol. The number of sulfonamides is 1. The van der Waals surface area contributed by atoms with Crippen molar-refractivity contribution in [3.63, 3.8) is 0 Å². The van der Waals surface area contributed by atoms with Gasteiger partial charge in [-0.25, -0.2) is 13.1 Å². The van der Waals surface area contributed by atoms with E-state index in [0.717, 1.165) is 16.5 Å². The van der Waals surface area contributed by atoms with Gasteiger partial charge < -0.3 is 5.32 Å². The van der Waals surface area contributed by atoms with Gasteiger partial charge in [0.15, 0.2) is 0 Å². The fraction of sp³-hybridized carbons (Fsp3) is 0.158. The van der Waals surface area contributed by atoms with Crippen LogP contribution in [0.1, 0.15) is 21.5 Å². The molecular formula is C19H19N3O3S. The molecule has 134 valence electrons. The van der Waals surface area contributed by atoms with E-state index in [1.165, 1.54) is 13.1 Å². The number of anilines is 1. The second-order valence-electron chi connectivity index (χ2n) is 5.99. The molecule has 0 bridgehead atoms. The standard InChI is InChI=1S/C19H19N3O3S/c1-12-8-15(10-18(13(12)2)26(24,25)20-3)19(23)22-16-9-14-6-4-5-7-17(14)21-11-16/h4-11,20H,1-3H3,(H,22,23). The van der Waals surface area contributed by atoms with E-state index in [9.17, 15) is 13.2 Å². The van der Waals surface area contributed by atoms with Gasteiger partial charge in [0.25, 0.3) is 5.91 Å². The zero-order valence-electron chi connectivity index (χ0n) is 14.7. The second kappa shape index (κ2) is 6.86. The van der Waals surface area contributed by atoms with Crippen LogP contribution in [0.25, 0.3) is 10.9 Å². The van der Waals surface area contributed by atoms with E-state index in [1.54, 1.807) is 26.1 Å². The van der Waals surface area contributed by atoms with Crippen LogP contribution in [-0.2, 0) is 10.0 Å². The highest BCUT2D eigenvalue weighted by atomic mass is 32.2. The molecule has 1 heterocycles. The van der Waals surface area contributed by atoms with Crippen LogP contribution >= 0.6 is 0 Å². The molecule has 0 aliphatic carbocycles. The first-order chi connectivity index (χ1) is 12.3. The lowest BCUT2D eigenvalue weighted by Gasteiger charge is -2.12. The van der Waals surface area contributed by atoms with E-state index in [0.29, 0.717) is 11.3 Å². The Morgan fingerprint density at radius 1 is 1.08 bits per heavy atom. The number of nitrogens with zero attached hydrogens (tertiary/aromatic N) is 1. The number of hydrogen-bond donors (Lipinski definition) is 2. The van der Waals surface area contributed by atoms with Crippen molar-refractivity contribution >= 4 is 32.5 Å². The molecule has 6 nitrogen and oxygen atoms in total. The van der Waals surface area contributed by atoms with Crippen LogP contribution in [-0.4, -0.2) is 26.4 Å². The molecular weight excluding hydrogens is 350 g/mol. The quantitative estimate of drug-likeness (QED) is 0.740. The van der Waals surface area contributed by atoms with Crippen LogP contribution in [0.3, 0.4) is 0 Å². The summed E-state index contributed by atoms with van der Waals surface area (Å²) < 4.78 is 26.7. The minimum Gasteiger partial charge on any atom is -0.321 e.